The first-order valence-corrected chi connectivity index (χ1v) is 6.77. The lowest BCUT2D eigenvalue weighted by Gasteiger charge is -2.16. The van der Waals surface area contributed by atoms with E-state index in [0.29, 0.717) is 12.8 Å². The molecule has 6 nitrogen and oxygen atoms in total. The van der Waals surface area contributed by atoms with E-state index in [-0.39, 0.29) is 11.9 Å². The number of carbonyl (C=O) groups excluding carboxylic acids is 1. The molecule has 2 N–H and O–H groups in total. The fourth-order valence-corrected chi connectivity index (χ4v) is 2.23. The number of rotatable bonds is 6. The van der Waals surface area contributed by atoms with Crippen molar-refractivity contribution in [3.63, 3.8) is 0 Å². The van der Waals surface area contributed by atoms with Crippen LogP contribution in [0.3, 0.4) is 0 Å². The molecule has 1 aromatic heterocycles. The number of nitrogens with one attached hydrogen (secondary N) is 1. The third-order valence-electron chi connectivity index (χ3n) is 3.38. The summed E-state index contributed by atoms with van der Waals surface area (Å²) >= 11 is 0. The lowest BCUT2D eigenvalue weighted by molar-refractivity contribution is -0.151. The van der Waals surface area contributed by atoms with Crippen LogP contribution in [0.2, 0.25) is 0 Å². The van der Waals surface area contributed by atoms with Crippen LogP contribution < -0.4 is 5.32 Å². The minimum absolute atomic E-state index is 0.0138. The molecule has 2 rings (SSSR count). The summed E-state index contributed by atoms with van der Waals surface area (Å²) < 4.78 is 10.4. The van der Waals surface area contributed by atoms with Crippen LogP contribution in [-0.2, 0) is 20.7 Å². The highest BCUT2D eigenvalue weighted by atomic mass is 16.5. The van der Waals surface area contributed by atoms with Crippen LogP contribution in [-0.4, -0.2) is 35.2 Å². The van der Waals surface area contributed by atoms with Gasteiger partial charge < -0.3 is 19.6 Å². The van der Waals surface area contributed by atoms with E-state index in [2.05, 4.69) is 5.32 Å². The van der Waals surface area contributed by atoms with Crippen molar-refractivity contribution < 1.29 is 23.8 Å². The fraction of sp³-hybridized carbons (Fsp3) is 0.571. The highest BCUT2D eigenvalue weighted by molar-refractivity contribution is 5.82. The number of carboxylic acid groups (broad SMARTS) is 1. The van der Waals surface area contributed by atoms with E-state index in [1.807, 2.05) is 19.1 Å². The van der Waals surface area contributed by atoms with Crippen LogP contribution in [0.15, 0.2) is 22.8 Å². The van der Waals surface area contributed by atoms with Crippen LogP contribution in [0, 0.1) is 0 Å². The van der Waals surface area contributed by atoms with Gasteiger partial charge in [-0.15, -0.1) is 0 Å². The Morgan fingerprint density at radius 1 is 1.45 bits per heavy atom. The van der Waals surface area contributed by atoms with Gasteiger partial charge in [-0.1, -0.05) is 0 Å². The quantitative estimate of drug-likeness (QED) is 0.821. The molecular weight excluding hydrogens is 262 g/mol. The second kappa shape index (κ2) is 6.56. The van der Waals surface area contributed by atoms with Crippen LogP contribution in [0.4, 0.5) is 0 Å². The summed E-state index contributed by atoms with van der Waals surface area (Å²) in [5.74, 6) is -0.360. The Kier molecular flexibility index (Phi) is 4.79. The summed E-state index contributed by atoms with van der Waals surface area (Å²) in [6, 6.07) is 3.71. The molecule has 1 aromatic rings. The number of amides is 1. The van der Waals surface area contributed by atoms with Crippen molar-refractivity contribution in [1.82, 2.24) is 5.32 Å². The molecule has 0 bridgehead atoms. The summed E-state index contributed by atoms with van der Waals surface area (Å²) in [6.45, 7) is 1.91. The lowest BCUT2D eigenvalue weighted by Crippen LogP contribution is -2.40. The number of ether oxygens (including phenoxy) is 1. The monoisotopic (exact) mass is 281 g/mol. The van der Waals surface area contributed by atoms with Gasteiger partial charge in [0.15, 0.2) is 6.10 Å². The van der Waals surface area contributed by atoms with Crippen molar-refractivity contribution in [2.75, 3.05) is 0 Å². The van der Waals surface area contributed by atoms with E-state index in [1.54, 1.807) is 6.26 Å². The molecule has 1 aliphatic heterocycles. The number of aryl methyl sites for hydroxylation is 1. The predicted molar refractivity (Wildman–Crippen MR) is 70.2 cm³/mol. The molecule has 0 aliphatic carbocycles. The number of hydrogen-bond donors (Lipinski definition) is 2. The molecule has 1 amide bonds. The lowest BCUT2D eigenvalue weighted by atomic mass is 10.1. The first-order chi connectivity index (χ1) is 9.56. The van der Waals surface area contributed by atoms with Crippen molar-refractivity contribution >= 4 is 11.9 Å². The second-order valence-corrected chi connectivity index (χ2v) is 5.06. The maximum atomic E-state index is 11.9. The predicted octanol–water partition coefficient (Wildman–Crippen LogP) is 1.35. The first kappa shape index (κ1) is 14.6. The van der Waals surface area contributed by atoms with Crippen molar-refractivity contribution in [3.05, 3.63) is 24.2 Å². The van der Waals surface area contributed by atoms with E-state index < -0.39 is 18.2 Å². The highest BCUT2D eigenvalue weighted by Gasteiger charge is 2.34. The van der Waals surface area contributed by atoms with Gasteiger partial charge in [-0.05, 0) is 38.3 Å². The van der Waals surface area contributed by atoms with E-state index in [9.17, 15) is 9.59 Å². The second-order valence-electron chi connectivity index (χ2n) is 5.06. The maximum absolute atomic E-state index is 11.9. The SMILES string of the molecule is CC(CCc1ccco1)NC(=O)[C@@H]1CC[C@H](C(=O)O)O1. The topological polar surface area (TPSA) is 88.8 Å². The normalized spacial score (nSPS) is 23.4. The summed E-state index contributed by atoms with van der Waals surface area (Å²) in [4.78, 5) is 22.7. The van der Waals surface area contributed by atoms with Gasteiger partial charge in [-0.3, -0.25) is 4.79 Å². The smallest absolute Gasteiger partial charge is 0.332 e. The molecule has 0 aromatic carbocycles. The van der Waals surface area contributed by atoms with Gasteiger partial charge in [0.05, 0.1) is 6.26 Å². The van der Waals surface area contributed by atoms with Crippen LogP contribution >= 0.6 is 0 Å². The Morgan fingerprint density at radius 2 is 2.20 bits per heavy atom. The Labute approximate surface area is 117 Å². The maximum Gasteiger partial charge on any atom is 0.332 e. The minimum Gasteiger partial charge on any atom is -0.479 e. The van der Waals surface area contributed by atoms with Crippen LogP contribution in [0.25, 0.3) is 0 Å². The van der Waals surface area contributed by atoms with E-state index in [0.717, 1.165) is 18.6 Å². The van der Waals surface area contributed by atoms with Crippen molar-refractivity contribution in [2.45, 2.75) is 50.9 Å². The van der Waals surface area contributed by atoms with Gasteiger partial charge in [-0.25, -0.2) is 4.79 Å². The Hall–Kier alpha value is -1.82. The van der Waals surface area contributed by atoms with Gasteiger partial charge in [0, 0.05) is 12.5 Å². The van der Waals surface area contributed by atoms with E-state index >= 15 is 0 Å². The standard InChI is InChI=1S/C14H19NO5/c1-9(4-5-10-3-2-8-19-10)15-13(16)11-6-7-12(20-11)14(17)18/h2-3,8-9,11-12H,4-7H2,1H3,(H,15,16)(H,17,18)/t9?,11-,12+/m0/s1. The molecule has 1 fully saturated rings. The molecule has 0 saturated carbocycles. The van der Waals surface area contributed by atoms with Crippen molar-refractivity contribution in [1.29, 1.82) is 0 Å². The summed E-state index contributed by atoms with van der Waals surface area (Å²) in [5.41, 5.74) is 0. The summed E-state index contributed by atoms with van der Waals surface area (Å²) in [5, 5.41) is 11.7. The third kappa shape index (κ3) is 3.84. The first-order valence-electron chi connectivity index (χ1n) is 6.77. The average Bonchev–Trinajstić information content (AvgIpc) is 3.07. The summed E-state index contributed by atoms with van der Waals surface area (Å²) in [6.07, 6.45) is 2.46. The number of carbonyl (C=O) groups is 2. The molecule has 20 heavy (non-hydrogen) atoms. The Bertz CT molecular complexity index is 456. The van der Waals surface area contributed by atoms with Crippen LogP contribution in [0.1, 0.15) is 31.9 Å². The molecule has 110 valence electrons. The molecule has 1 aliphatic rings. The van der Waals surface area contributed by atoms with Gasteiger partial charge >= 0.3 is 5.97 Å². The summed E-state index contributed by atoms with van der Waals surface area (Å²) in [7, 11) is 0. The fourth-order valence-electron chi connectivity index (χ4n) is 2.23. The zero-order valence-corrected chi connectivity index (χ0v) is 11.4. The van der Waals surface area contributed by atoms with Gasteiger partial charge in [-0.2, -0.15) is 0 Å². The number of hydrogen-bond acceptors (Lipinski definition) is 4. The van der Waals surface area contributed by atoms with Crippen LogP contribution in [0.5, 0.6) is 0 Å². The van der Waals surface area contributed by atoms with Crippen molar-refractivity contribution in [2.24, 2.45) is 0 Å². The molecule has 6 heteroatoms. The number of aliphatic carboxylic acids is 1. The zero-order valence-electron chi connectivity index (χ0n) is 11.4. The highest BCUT2D eigenvalue weighted by Crippen LogP contribution is 2.20. The Morgan fingerprint density at radius 3 is 2.80 bits per heavy atom. The zero-order chi connectivity index (χ0) is 14.5. The molecule has 1 unspecified atom stereocenters. The van der Waals surface area contributed by atoms with Crippen molar-refractivity contribution in [3.8, 4) is 0 Å². The molecule has 0 radical (unpaired) electrons. The molecule has 1 saturated heterocycles. The third-order valence-corrected chi connectivity index (χ3v) is 3.38. The van der Waals surface area contributed by atoms with E-state index in [1.165, 1.54) is 0 Å². The molecule has 0 spiro atoms. The molecule has 2 heterocycles. The Balaban J connectivity index is 1.72. The minimum atomic E-state index is -1.01. The largest absolute Gasteiger partial charge is 0.479 e. The van der Waals surface area contributed by atoms with Gasteiger partial charge in [0.1, 0.15) is 11.9 Å². The van der Waals surface area contributed by atoms with E-state index in [4.69, 9.17) is 14.3 Å². The van der Waals surface area contributed by atoms with Gasteiger partial charge in [0.25, 0.3) is 0 Å². The molecule has 3 atom stereocenters. The number of furan rings is 1. The molecular formula is C14H19NO5. The van der Waals surface area contributed by atoms with Gasteiger partial charge in [0.2, 0.25) is 5.91 Å². The number of carboxylic acids is 1. The average molecular weight is 281 g/mol.